The van der Waals surface area contributed by atoms with Crippen molar-refractivity contribution in [3.63, 3.8) is 0 Å². The van der Waals surface area contributed by atoms with Gasteiger partial charge in [0, 0.05) is 55.0 Å². The second kappa shape index (κ2) is 10.6. The molecule has 1 aromatic rings. The smallest absolute Gasteiger partial charge is 0.264 e. The molecule has 158 valence electrons. The van der Waals surface area contributed by atoms with E-state index in [0.29, 0.717) is 38.9 Å². The molecular formula is C18H25F2N7OS. The Labute approximate surface area is 172 Å². The van der Waals surface area contributed by atoms with E-state index in [4.69, 9.17) is 10.5 Å². The maximum Gasteiger partial charge on any atom is 0.264 e. The fourth-order valence-corrected chi connectivity index (χ4v) is 3.99. The number of guanidine groups is 1. The van der Waals surface area contributed by atoms with Crippen LogP contribution in [0.2, 0.25) is 0 Å². The van der Waals surface area contributed by atoms with Gasteiger partial charge in [0.05, 0.1) is 19.9 Å². The summed E-state index contributed by atoms with van der Waals surface area (Å²) in [6.07, 6.45) is -1.43. The van der Waals surface area contributed by atoms with Crippen LogP contribution in [-0.2, 0) is 4.74 Å². The number of nitrogens with two attached hydrogens (primary N) is 1. The van der Waals surface area contributed by atoms with Gasteiger partial charge in [-0.25, -0.2) is 18.8 Å². The molecule has 2 saturated heterocycles. The Morgan fingerprint density at radius 1 is 1.28 bits per heavy atom. The molecule has 2 aliphatic heterocycles. The van der Waals surface area contributed by atoms with E-state index in [0.717, 1.165) is 24.6 Å². The highest BCUT2D eigenvalue weighted by atomic mass is 32.2. The highest BCUT2D eigenvalue weighted by Crippen LogP contribution is 2.25. The van der Waals surface area contributed by atoms with Crippen LogP contribution in [0.3, 0.4) is 0 Å². The summed E-state index contributed by atoms with van der Waals surface area (Å²) >= 11 is 1.89. The minimum absolute atomic E-state index is 0.0238. The number of alkyl halides is 2. The SMILES string of the molecule is C=NC(=NC(=NCN1CCSCC1)c1cnc(N)cc1C(F)F)N1CCOCC1. The van der Waals surface area contributed by atoms with Crippen molar-refractivity contribution in [3.05, 3.63) is 23.4 Å². The predicted molar refractivity (Wildman–Crippen MR) is 113 cm³/mol. The quantitative estimate of drug-likeness (QED) is 0.584. The second-order valence-electron chi connectivity index (χ2n) is 6.52. The molecule has 0 spiro atoms. The summed E-state index contributed by atoms with van der Waals surface area (Å²) in [6, 6.07) is 1.17. The molecule has 1 aromatic heterocycles. The van der Waals surface area contributed by atoms with Crippen LogP contribution in [0.15, 0.2) is 27.2 Å². The van der Waals surface area contributed by atoms with Gasteiger partial charge >= 0.3 is 0 Å². The molecule has 0 unspecified atom stereocenters. The number of aromatic nitrogens is 1. The van der Waals surface area contributed by atoms with Gasteiger partial charge in [-0.2, -0.15) is 16.8 Å². The van der Waals surface area contributed by atoms with Gasteiger partial charge in [0.15, 0.2) is 5.84 Å². The molecule has 0 saturated carbocycles. The lowest BCUT2D eigenvalue weighted by Gasteiger charge is -2.27. The minimum atomic E-state index is -2.73. The third-order valence-electron chi connectivity index (χ3n) is 4.60. The first-order valence-corrected chi connectivity index (χ1v) is 10.5. The van der Waals surface area contributed by atoms with Gasteiger partial charge in [-0.05, 0) is 12.8 Å². The lowest BCUT2D eigenvalue weighted by atomic mass is 10.1. The molecule has 0 amide bonds. The number of thioether (sulfide) groups is 1. The van der Waals surface area contributed by atoms with Crippen molar-refractivity contribution < 1.29 is 13.5 Å². The van der Waals surface area contributed by atoms with Crippen LogP contribution in [0.5, 0.6) is 0 Å². The Balaban J connectivity index is 1.97. The van der Waals surface area contributed by atoms with E-state index in [1.54, 1.807) is 0 Å². The minimum Gasteiger partial charge on any atom is -0.384 e. The summed E-state index contributed by atoms with van der Waals surface area (Å²) in [5.41, 5.74) is 5.52. The van der Waals surface area contributed by atoms with Crippen molar-refractivity contribution in [2.75, 3.05) is 63.3 Å². The van der Waals surface area contributed by atoms with Crippen LogP contribution in [0, 0.1) is 0 Å². The third-order valence-corrected chi connectivity index (χ3v) is 5.54. The van der Waals surface area contributed by atoms with Crippen molar-refractivity contribution >= 4 is 36.1 Å². The van der Waals surface area contributed by atoms with Gasteiger partial charge < -0.3 is 15.4 Å². The number of hydrogen-bond donors (Lipinski definition) is 1. The number of rotatable bonds is 4. The molecule has 0 aromatic carbocycles. The van der Waals surface area contributed by atoms with Gasteiger partial charge in [-0.1, -0.05) is 0 Å². The van der Waals surface area contributed by atoms with Crippen LogP contribution >= 0.6 is 11.8 Å². The number of halogens is 2. The lowest BCUT2D eigenvalue weighted by molar-refractivity contribution is 0.0677. The van der Waals surface area contributed by atoms with E-state index >= 15 is 0 Å². The van der Waals surface area contributed by atoms with Crippen molar-refractivity contribution in [1.82, 2.24) is 14.8 Å². The molecule has 11 heteroatoms. The van der Waals surface area contributed by atoms with Crippen LogP contribution in [0.25, 0.3) is 0 Å². The van der Waals surface area contributed by atoms with E-state index in [-0.39, 0.29) is 22.8 Å². The fraction of sp³-hybridized carbons (Fsp3) is 0.556. The van der Waals surface area contributed by atoms with Crippen molar-refractivity contribution in [2.45, 2.75) is 6.43 Å². The summed E-state index contributed by atoms with van der Waals surface area (Å²) in [7, 11) is 0. The summed E-state index contributed by atoms with van der Waals surface area (Å²) in [5.74, 6) is 2.55. The molecule has 29 heavy (non-hydrogen) atoms. The first-order valence-electron chi connectivity index (χ1n) is 9.35. The average molecular weight is 426 g/mol. The number of pyridine rings is 1. The number of aliphatic imine (C=N–C) groups is 3. The van der Waals surface area contributed by atoms with Crippen LogP contribution in [0.4, 0.5) is 14.6 Å². The molecule has 2 N–H and O–H groups in total. The van der Waals surface area contributed by atoms with Crippen LogP contribution in [-0.4, -0.2) is 90.9 Å². The highest BCUT2D eigenvalue weighted by Gasteiger charge is 2.21. The molecule has 2 fully saturated rings. The second-order valence-corrected chi connectivity index (χ2v) is 7.74. The maximum absolute atomic E-state index is 13.7. The van der Waals surface area contributed by atoms with Crippen molar-refractivity contribution in [2.24, 2.45) is 15.0 Å². The molecule has 3 rings (SSSR count). The topological polar surface area (TPSA) is 91.7 Å². The first-order chi connectivity index (χ1) is 14.1. The Morgan fingerprint density at radius 2 is 2.00 bits per heavy atom. The van der Waals surface area contributed by atoms with Gasteiger partial charge in [0.1, 0.15) is 5.82 Å². The zero-order valence-electron chi connectivity index (χ0n) is 16.1. The maximum atomic E-state index is 13.7. The molecule has 0 aliphatic carbocycles. The van der Waals surface area contributed by atoms with E-state index in [1.807, 2.05) is 16.7 Å². The predicted octanol–water partition coefficient (Wildman–Crippen LogP) is 1.74. The zero-order valence-corrected chi connectivity index (χ0v) is 17.0. The Kier molecular flexibility index (Phi) is 7.90. The first kappa shape index (κ1) is 21.6. The van der Waals surface area contributed by atoms with Gasteiger partial charge in [-0.15, -0.1) is 0 Å². The molecule has 0 radical (unpaired) electrons. The number of nitrogens with zero attached hydrogens (tertiary/aromatic N) is 6. The molecule has 8 nitrogen and oxygen atoms in total. The number of morpholine rings is 1. The number of amidine groups is 1. The number of ether oxygens (including phenoxy) is 1. The largest absolute Gasteiger partial charge is 0.384 e. The van der Waals surface area contributed by atoms with Gasteiger partial charge in [-0.3, -0.25) is 9.89 Å². The monoisotopic (exact) mass is 425 g/mol. The highest BCUT2D eigenvalue weighted by molar-refractivity contribution is 7.99. The fourth-order valence-electron chi connectivity index (χ4n) is 3.01. The standard InChI is InChI=1S/C18H25F2N7OS/c1-22-18(27-2-6-28-7-3-27)25-17(24-12-26-4-8-29-9-5-26)14-11-23-15(21)10-13(14)16(19)20/h10-11,16H,1-9,12H2,(H2,21,23). The van der Waals surface area contributed by atoms with Crippen LogP contribution in [0.1, 0.15) is 17.6 Å². The lowest BCUT2D eigenvalue weighted by Crippen LogP contribution is -2.40. The summed E-state index contributed by atoms with van der Waals surface area (Å²) in [5, 5.41) is 0. The Bertz CT molecular complexity index is 763. The summed E-state index contributed by atoms with van der Waals surface area (Å²) in [4.78, 5) is 21.1. The van der Waals surface area contributed by atoms with Crippen molar-refractivity contribution in [1.29, 1.82) is 0 Å². The third kappa shape index (κ3) is 5.94. The van der Waals surface area contributed by atoms with Gasteiger partial charge in [0.2, 0.25) is 5.96 Å². The molecular weight excluding hydrogens is 400 g/mol. The van der Waals surface area contributed by atoms with E-state index in [9.17, 15) is 8.78 Å². The Morgan fingerprint density at radius 3 is 2.66 bits per heavy atom. The van der Waals surface area contributed by atoms with Crippen molar-refractivity contribution in [3.8, 4) is 0 Å². The summed E-state index contributed by atoms with van der Waals surface area (Å²) < 4.78 is 32.7. The van der Waals surface area contributed by atoms with E-state index in [2.05, 4.69) is 31.6 Å². The average Bonchev–Trinajstić information content (AvgIpc) is 2.75. The Hall–Kier alpha value is -2.11. The van der Waals surface area contributed by atoms with Gasteiger partial charge in [0.25, 0.3) is 6.43 Å². The number of hydrogen-bond acceptors (Lipinski definition) is 6. The van der Waals surface area contributed by atoms with E-state index in [1.165, 1.54) is 12.3 Å². The van der Waals surface area contributed by atoms with E-state index < -0.39 is 6.43 Å². The molecule has 0 bridgehead atoms. The normalized spacial score (nSPS) is 19.6. The zero-order chi connectivity index (χ0) is 20.6. The summed E-state index contributed by atoms with van der Waals surface area (Å²) in [6.45, 7) is 8.00. The number of anilines is 1. The molecule has 3 heterocycles. The van der Waals surface area contributed by atoms with Crippen LogP contribution < -0.4 is 5.73 Å². The molecule has 2 aliphatic rings. The number of nitrogen functional groups attached to an aromatic ring is 1. The molecule has 0 atom stereocenters.